The zero-order chi connectivity index (χ0) is 12.5. The maximum Gasteiger partial charge on any atom is 0.318 e. The highest BCUT2D eigenvalue weighted by molar-refractivity contribution is 5.75. The maximum atomic E-state index is 11.7. The number of hydrogen-bond acceptors (Lipinski definition) is 1. The van der Waals surface area contributed by atoms with Gasteiger partial charge >= 0.3 is 6.03 Å². The Balaban J connectivity index is 1.42. The Morgan fingerprint density at radius 2 is 2.06 bits per heavy atom. The van der Waals surface area contributed by atoms with Crippen LogP contribution in [0.3, 0.4) is 0 Å². The predicted molar refractivity (Wildman–Crippen MR) is 71.9 cm³/mol. The first-order valence-corrected chi connectivity index (χ1v) is 7.46. The van der Waals surface area contributed by atoms with Gasteiger partial charge in [-0.2, -0.15) is 0 Å². The smallest absolute Gasteiger partial charge is 0.318 e. The molecule has 2 bridgehead atoms. The van der Waals surface area contributed by atoms with E-state index in [1.165, 1.54) is 38.5 Å². The Labute approximate surface area is 109 Å². The van der Waals surface area contributed by atoms with E-state index in [1.54, 1.807) is 6.20 Å². The number of amides is 2. The highest BCUT2D eigenvalue weighted by atomic mass is 16.2. The van der Waals surface area contributed by atoms with Gasteiger partial charge in [0.25, 0.3) is 0 Å². The van der Waals surface area contributed by atoms with E-state index < -0.39 is 0 Å². The lowest BCUT2D eigenvalue weighted by atomic mass is 9.84. The van der Waals surface area contributed by atoms with E-state index in [0.717, 1.165) is 11.8 Å². The summed E-state index contributed by atoms with van der Waals surface area (Å²) >= 11 is 0. The largest absolute Gasteiger partial charge is 0.335 e. The number of carbonyl (C=O) groups excluding carboxylic acids is 1. The van der Waals surface area contributed by atoms with E-state index in [9.17, 15) is 4.79 Å². The average Bonchev–Trinajstić information content (AvgIpc) is 2.92. The average molecular weight is 248 g/mol. The topological polar surface area (TPSA) is 41.1 Å². The fourth-order valence-electron chi connectivity index (χ4n) is 3.81. The Hall–Kier alpha value is -0.990. The number of carbonyl (C=O) groups is 1. The predicted octanol–water partition coefficient (Wildman–Crippen LogP) is 3.03. The van der Waals surface area contributed by atoms with Crippen LogP contribution < -0.4 is 10.6 Å². The summed E-state index contributed by atoms with van der Waals surface area (Å²) in [4.78, 5) is 11.7. The Kier molecular flexibility index (Phi) is 3.31. The number of rotatable bonds is 4. The molecule has 0 aliphatic heterocycles. The summed E-state index contributed by atoms with van der Waals surface area (Å²) < 4.78 is 0. The van der Waals surface area contributed by atoms with Gasteiger partial charge in [0.1, 0.15) is 0 Å². The molecule has 0 radical (unpaired) electrons. The first-order valence-electron chi connectivity index (χ1n) is 7.46. The number of hydrogen-bond donors (Lipinski definition) is 2. The summed E-state index contributed by atoms with van der Waals surface area (Å²) in [6.07, 6.45) is 12.0. The molecular weight excluding hydrogens is 224 g/mol. The second-order valence-corrected chi connectivity index (χ2v) is 6.44. The second-order valence-electron chi connectivity index (χ2n) is 6.44. The van der Waals surface area contributed by atoms with Crippen molar-refractivity contribution < 1.29 is 4.79 Å². The number of fused-ring (bicyclic) bond motifs is 2. The molecule has 2 N–H and O–H groups in total. The molecule has 3 fully saturated rings. The van der Waals surface area contributed by atoms with Gasteiger partial charge in [-0.3, -0.25) is 0 Å². The zero-order valence-electron chi connectivity index (χ0n) is 11.2. The molecule has 100 valence electrons. The first-order chi connectivity index (χ1) is 8.72. The summed E-state index contributed by atoms with van der Waals surface area (Å²) in [5.74, 6) is 3.24. The van der Waals surface area contributed by atoms with E-state index >= 15 is 0 Å². The normalized spacial score (nSPS) is 35.9. The summed E-state index contributed by atoms with van der Waals surface area (Å²) in [5.41, 5.74) is 0. The quantitative estimate of drug-likeness (QED) is 0.789. The summed E-state index contributed by atoms with van der Waals surface area (Å²) in [6, 6.07) is 0.275. The molecule has 4 unspecified atom stereocenters. The van der Waals surface area contributed by atoms with E-state index in [-0.39, 0.29) is 6.03 Å². The third-order valence-electron chi connectivity index (χ3n) is 5.00. The van der Waals surface area contributed by atoms with Gasteiger partial charge in [0.15, 0.2) is 0 Å². The maximum absolute atomic E-state index is 11.7. The molecule has 3 rings (SSSR count). The molecule has 18 heavy (non-hydrogen) atoms. The van der Waals surface area contributed by atoms with E-state index in [4.69, 9.17) is 0 Å². The van der Waals surface area contributed by atoms with Crippen LogP contribution in [0.1, 0.15) is 45.4 Å². The lowest BCUT2D eigenvalue weighted by molar-refractivity contribution is 0.223. The van der Waals surface area contributed by atoms with Crippen molar-refractivity contribution in [1.82, 2.24) is 10.6 Å². The van der Waals surface area contributed by atoms with Gasteiger partial charge in [-0.05, 0) is 62.7 Å². The van der Waals surface area contributed by atoms with Gasteiger partial charge in [-0.25, -0.2) is 4.79 Å². The molecule has 4 atom stereocenters. The lowest BCUT2D eigenvalue weighted by Crippen LogP contribution is -2.43. The van der Waals surface area contributed by atoms with Crippen molar-refractivity contribution in [1.29, 1.82) is 0 Å². The zero-order valence-corrected chi connectivity index (χ0v) is 11.2. The van der Waals surface area contributed by atoms with Crippen LogP contribution in [0, 0.1) is 23.7 Å². The van der Waals surface area contributed by atoms with Crippen LogP contribution in [0.4, 0.5) is 4.79 Å². The molecule has 2 amide bonds. The molecular formula is C15H24N2O. The van der Waals surface area contributed by atoms with Gasteiger partial charge < -0.3 is 10.6 Å². The minimum absolute atomic E-state index is 0.0397. The van der Waals surface area contributed by atoms with E-state index in [0.29, 0.717) is 17.9 Å². The minimum Gasteiger partial charge on any atom is -0.335 e. The number of nitrogens with one attached hydrogen (secondary N) is 2. The molecule has 3 saturated carbocycles. The summed E-state index contributed by atoms with van der Waals surface area (Å²) in [7, 11) is 0. The number of allylic oxidation sites excluding steroid dienone is 1. The van der Waals surface area contributed by atoms with Gasteiger partial charge in [0, 0.05) is 12.2 Å². The van der Waals surface area contributed by atoms with Crippen molar-refractivity contribution in [3.05, 3.63) is 12.3 Å². The van der Waals surface area contributed by atoms with Crippen LogP contribution in [0.15, 0.2) is 12.3 Å². The minimum atomic E-state index is -0.0397. The Morgan fingerprint density at radius 1 is 1.22 bits per heavy atom. The van der Waals surface area contributed by atoms with Gasteiger partial charge in [0.2, 0.25) is 0 Å². The molecule has 0 aromatic carbocycles. The van der Waals surface area contributed by atoms with Gasteiger partial charge in [-0.15, -0.1) is 0 Å². The van der Waals surface area contributed by atoms with Crippen molar-refractivity contribution in [3.8, 4) is 0 Å². The highest BCUT2D eigenvalue weighted by Crippen LogP contribution is 2.49. The fourth-order valence-corrected chi connectivity index (χ4v) is 3.81. The van der Waals surface area contributed by atoms with Gasteiger partial charge in [0.05, 0.1) is 0 Å². The van der Waals surface area contributed by atoms with Crippen molar-refractivity contribution in [2.45, 2.75) is 51.5 Å². The van der Waals surface area contributed by atoms with Crippen molar-refractivity contribution in [3.63, 3.8) is 0 Å². The third kappa shape index (κ3) is 2.70. The monoisotopic (exact) mass is 248 g/mol. The molecule has 3 heteroatoms. The SMILES string of the molecule is CC(NC(=O)N/C=C/C1CC1)C1CC2CCC1C2. The van der Waals surface area contributed by atoms with Crippen LogP contribution >= 0.6 is 0 Å². The first kappa shape index (κ1) is 12.1. The third-order valence-corrected chi connectivity index (χ3v) is 5.00. The van der Waals surface area contributed by atoms with Crippen molar-refractivity contribution >= 4 is 6.03 Å². The molecule has 3 aliphatic rings. The molecule has 0 aromatic rings. The van der Waals surface area contributed by atoms with Gasteiger partial charge in [-0.1, -0.05) is 12.5 Å². The Morgan fingerprint density at radius 3 is 2.67 bits per heavy atom. The van der Waals surface area contributed by atoms with Crippen molar-refractivity contribution in [2.75, 3.05) is 0 Å². The molecule has 0 aromatic heterocycles. The van der Waals surface area contributed by atoms with Crippen LogP contribution in [0.25, 0.3) is 0 Å². The van der Waals surface area contributed by atoms with E-state index in [1.807, 2.05) is 0 Å². The van der Waals surface area contributed by atoms with Crippen LogP contribution in [0.2, 0.25) is 0 Å². The molecule has 0 spiro atoms. The van der Waals surface area contributed by atoms with Crippen LogP contribution in [-0.4, -0.2) is 12.1 Å². The molecule has 3 aliphatic carbocycles. The Bertz CT molecular complexity index is 348. The molecule has 0 saturated heterocycles. The van der Waals surface area contributed by atoms with E-state index in [2.05, 4.69) is 23.6 Å². The summed E-state index contributed by atoms with van der Waals surface area (Å²) in [5, 5.41) is 5.92. The lowest BCUT2D eigenvalue weighted by Gasteiger charge is -2.28. The number of urea groups is 1. The second kappa shape index (κ2) is 4.94. The highest BCUT2D eigenvalue weighted by Gasteiger charge is 2.42. The van der Waals surface area contributed by atoms with Crippen LogP contribution in [0.5, 0.6) is 0 Å². The molecule has 0 heterocycles. The van der Waals surface area contributed by atoms with Crippen LogP contribution in [-0.2, 0) is 0 Å². The van der Waals surface area contributed by atoms with Crippen molar-refractivity contribution in [2.24, 2.45) is 23.7 Å². The molecule has 3 nitrogen and oxygen atoms in total. The standard InChI is InChI=1S/C15H24N2O/c1-10(14-9-12-4-5-13(14)8-12)17-15(18)16-7-6-11-2-3-11/h6-7,10-14H,2-5,8-9H2,1H3,(H2,16,17,18)/b7-6+. The fraction of sp³-hybridized carbons (Fsp3) is 0.800. The summed E-state index contributed by atoms with van der Waals surface area (Å²) in [6.45, 7) is 2.16.